The minimum absolute atomic E-state index is 0.141. The zero-order valence-corrected chi connectivity index (χ0v) is 16.2. The first kappa shape index (κ1) is 19.5. The fraction of sp³-hybridized carbons (Fsp3) is 0.600. The Morgan fingerprint density at radius 1 is 1.30 bits per heavy atom. The molecule has 2 fully saturated rings. The molecular formula is C20H27NO6. The van der Waals surface area contributed by atoms with Crippen LogP contribution in [0.5, 0.6) is 11.5 Å². The molecule has 0 bridgehead atoms. The lowest BCUT2D eigenvalue weighted by molar-refractivity contribution is -0.172. The summed E-state index contributed by atoms with van der Waals surface area (Å²) in [5.74, 6) is 0.540. The molecule has 4 atom stereocenters. The van der Waals surface area contributed by atoms with Crippen molar-refractivity contribution in [3.05, 3.63) is 23.8 Å². The van der Waals surface area contributed by atoms with Crippen molar-refractivity contribution in [2.24, 2.45) is 11.8 Å². The first-order valence-corrected chi connectivity index (χ1v) is 9.17. The molecule has 1 saturated heterocycles. The van der Waals surface area contributed by atoms with Gasteiger partial charge >= 0.3 is 5.97 Å². The maximum atomic E-state index is 12.7. The molecule has 1 aliphatic carbocycles. The van der Waals surface area contributed by atoms with Gasteiger partial charge in [0.2, 0.25) is 5.91 Å². The van der Waals surface area contributed by atoms with Crippen molar-refractivity contribution in [2.75, 3.05) is 21.3 Å². The van der Waals surface area contributed by atoms with Gasteiger partial charge in [0.25, 0.3) is 0 Å². The predicted octanol–water partition coefficient (Wildman–Crippen LogP) is 1.75. The Kier molecular flexibility index (Phi) is 5.33. The van der Waals surface area contributed by atoms with Crippen molar-refractivity contribution in [2.45, 2.75) is 44.4 Å². The zero-order valence-electron chi connectivity index (χ0n) is 16.2. The van der Waals surface area contributed by atoms with E-state index in [1.54, 1.807) is 19.2 Å². The Morgan fingerprint density at radius 2 is 2.00 bits per heavy atom. The summed E-state index contributed by atoms with van der Waals surface area (Å²) in [6, 6.07) is 4.45. The summed E-state index contributed by atoms with van der Waals surface area (Å²) in [4.78, 5) is 26.6. The Morgan fingerprint density at radius 3 is 2.63 bits per heavy atom. The van der Waals surface area contributed by atoms with Gasteiger partial charge in [-0.25, -0.2) is 4.79 Å². The highest BCUT2D eigenvalue weighted by atomic mass is 16.5. The molecule has 148 valence electrons. The molecule has 1 aromatic rings. The zero-order chi connectivity index (χ0) is 19.8. The minimum atomic E-state index is -1.29. The summed E-state index contributed by atoms with van der Waals surface area (Å²) >= 11 is 0. The van der Waals surface area contributed by atoms with E-state index in [0.717, 1.165) is 12.0 Å². The molecule has 7 heteroatoms. The molecule has 2 aliphatic rings. The van der Waals surface area contributed by atoms with E-state index in [-0.39, 0.29) is 24.7 Å². The van der Waals surface area contributed by atoms with Crippen LogP contribution in [-0.2, 0) is 20.7 Å². The standard InChI is InChI=1S/C20H27NO6/c1-12-7-14-10-18(22)21(20(14,24)11-12)15(19(23)27-4)8-13-5-6-16(25-2)17(9-13)26-3/h5-6,9,12,14-15,24H,7-8,10-11H2,1-4H3. The van der Waals surface area contributed by atoms with Gasteiger partial charge in [-0.2, -0.15) is 0 Å². The first-order valence-electron chi connectivity index (χ1n) is 9.17. The molecule has 27 heavy (non-hydrogen) atoms. The van der Waals surface area contributed by atoms with Crippen LogP contribution in [0.2, 0.25) is 0 Å². The summed E-state index contributed by atoms with van der Waals surface area (Å²) < 4.78 is 15.5. The second-order valence-corrected chi connectivity index (χ2v) is 7.52. The largest absolute Gasteiger partial charge is 0.493 e. The Bertz CT molecular complexity index is 735. The van der Waals surface area contributed by atoms with E-state index in [9.17, 15) is 14.7 Å². The van der Waals surface area contributed by atoms with Crippen LogP contribution in [0.25, 0.3) is 0 Å². The molecule has 1 aromatic carbocycles. The molecule has 1 amide bonds. The smallest absolute Gasteiger partial charge is 0.329 e. The highest BCUT2D eigenvalue weighted by molar-refractivity contribution is 5.87. The molecule has 7 nitrogen and oxygen atoms in total. The summed E-state index contributed by atoms with van der Waals surface area (Å²) in [5.41, 5.74) is -0.500. The first-order chi connectivity index (χ1) is 12.8. The molecular weight excluding hydrogens is 350 g/mol. The molecule has 0 aromatic heterocycles. The van der Waals surface area contributed by atoms with Gasteiger partial charge in [0.05, 0.1) is 21.3 Å². The monoisotopic (exact) mass is 377 g/mol. The number of rotatable bonds is 6. The third-order valence-electron chi connectivity index (χ3n) is 5.76. The number of ether oxygens (including phenoxy) is 3. The highest BCUT2D eigenvalue weighted by Crippen LogP contribution is 2.49. The summed E-state index contributed by atoms with van der Waals surface area (Å²) in [6.45, 7) is 2.06. The van der Waals surface area contributed by atoms with E-state index in [1.807, 2.05) is 6.07 Å². The lowest BCUT2D eigenvalue weighted by Gasteiger charge is -2.38. The molecule has 0 radical (unpaired) electrons. The second-order valence-electron chi connectivity index (χ2n) is 7.52. The third kappa shape index (κ3) is 3.36. The Balaban J connectivity index is 1.93. The van der Waals surface area contributed by atoms with Gasteiger partial charge in [0.1, 0.15) is 11.8 Å². The van der Waals surface area contributed by atoms with Crippen LogP contribution in [0.4, 0.5) is 0 Å². The van der Waals surface area contributed by atoms with Crippen LogP contribution >= 0.6 is 0 Å². The van der Waals surface area contributed by atoms with Crippen LogP contribution < -0.4 is 9.47 Å². The maximum Gasteiger partial charge on any atom is 0.329 e. The number of esters is 1. The van der Waals surface area contributed by atoms with E-state index in [2.05, 4.69) is 6.92 Å². The van der Waals surface area contributed by atoms with Gasteiger partial charge in [-0.05, 0) is 36.5 Å². The van der Waals surface area contributed by atoms with E-state index in [0.29, 0.717) is 23.8 Å². The van der Waals surface area contributed by atoms with Gasteiger partial charge < -0.3 is 19.3 Å². The van der Waals surface area contributed by atoms with Gasteiger partial charge in [-0.3, -0.25) is 9.69 Å². The van der Waals surface area contributed by atoms with E-state index < -0.39 is 17.7 Å². The van der Waals surface area contributed by atoms with Gasteiger partial charge in [0, 0.05) is 18.8 Å². The molecule has 4 unspecified atom stereocenters. The van der Waals surface area contributed by atoms with Crippen molar-refractivity contribution in [3.8, 4) is 11.5 Å². The average Bonchev–Trinajstić information content (AvgIpc) is 3.05. The topological polar surface area (TPSA) is 85.3 Å². The highest BCUT2D eigenvalue weighted by Gasteiger charge is 2.59. The van der Waals surface area contributed by atoms with Gasteiger partial charge in [-0.15, -0.1) is 0 Å². The van der Waals surface area contributed by atoms with Gasteiger partial charge in [0.15, 0.2) is 11.5 Å². The lowest BCUT2D eigenvalue weighted by Crippen LogP contribution is -2.56. The number of carbonyl (C=O) groups excluding carboxylic acids is 2. The van der Waals surface area contributed by atoms with Crippen molar-refractivity contribution < 1.29 is 28.9 Å². The number of carbonyl (C=O) groups is 2. The minimum Gasteiger partial charge on any atom is -0.493 e. The quantitative estimate of drug-likeness (QED) is 0.761. The number of aliphatic hydroxyl groups is 1. The number of hydrogen-bond donors (Lipinski definition) is 1. The molecule has 1 saturated carbocycles. The van der Waals surface area contributed by atoms with Crippen molar-refractivity contribution >= 4 is 11.9 Å². The SMILES string of the molecule is COC(=O)C(Cc1ccc(OC)c(OC)c1)N1C(=O)CC2CC(C)CC21O. The summed E-state index contributed by atoms with van der Waals surface area (Å²) in [5, 5.41) is 11.3. The van der Waals surface area contributed by atoms with Crippen LogP contribution in [0.3, 0.4) is 0 Å². The van der Waals surface area contributed by atoms with E-state index in [4.69, 9.17) is 14.2 Å². The van der Waals surface area contributed by atoms with Gasteiger partial charge in [-0.1, -0.05) is 13.0 Å². The fourth-order valence-corrected chi connectivity index (χ4v) is 4.59. The number of methoxy groups -OCH3 is 3. The fourth-order valence-electron chi connectivity index (χ4n) is 4.59. The number of benzene rings is 1. The molecule has 3 rings (SSSR count). The van der Waals surface area contributed by atoms with E-state index >= 15 is 0 Å². The van der Waals surface area contributed by atoms with Crippen LogP contribution in [0.1, 0.15) is 31.7 Å². The third-order valence-corrected chi connectivity index (χ3v) is 5.76. The molecule has 0 spiro atoms. The molecule has 1 N–H and O–H groups in total. The molecule has 1 aliphatic heterocycles. The van der Waals surface area contributed by atoms with E-state index in [1.165, 1.54) is 19.1 Å². The lowest BCUT2D eigenvalue weighted by atomic mass is 9.98. The number of amides is 1. The average molecular weight is 377 g/mol. The summed E-state index contributed by atoms with van der Waals surface area (Å²) in [6.07, 6.45) is 1.74. The number of nitrogens with zero attached hydrogens (tertiary/aromatic N) is 1. The maximum absolute atomic E-state index is 12.7. The van der Waals surface area contributed by atoms with Crippen molar-refractivity contribution in [3.63, 3.8) is 0 Å². The molecule has 1 heterocycles. The number of fused-ring (bicyclic) bond motifs is 1. The summed E-state index contributed by atoms with van der Waals surface area (Å²) in [7, 11) is 4.38. The van der Waals surface area contributed by atoms with Crippen LogP contribution in [-0.4, -0.2) is 55.0 Å². The number of likely N-dealkylation sites (tertiary alicyclic amines) is 1. The number of hydrogen-bond acceptors (Lipinski definition) is 6. The van der Waals surface area contributed by atoms with Crippen LogP contribution in [0.15, 0.2) is 18.2 Å². The Labute approximate surface area is 159 Å². The van der Waals surface area contributed by atoms with Crippen LogP contribution in [0, 0.1) is 11.8 Å². The van der Waals surface area contributed by atoms with Crippen molar-refractivity contribution in [1.82, 2.24) is 4.90 Å². The Hall–Kier alpha value is -2.28. The normalized spacial score (nSPS) is 28.0. The van der Waals surface area contributed by atoms with Crippen molar-refractivity contribution in [1.29, 1.82) is 0 Å². The second kappa shape index (κ2) is 7.38. The predicted molar refractivity (Wildman–Crippen MR) is 97.4 cm³/mol.